The fourth-order valence-corrected chi connectivity index (χ4v) is 4.03. The van der Waals surface area contributed by atoms with E-state index in [1.54, 1.807) is 11.3 Å². The first-order chi connectivity index (χ1) is 9.79. The van der Waals surface area contributed by atoms with Crippen LogP contribution in [-0.2, 0) is 0 Å². The zero-order valence-corrected chi connectivity index (χ0v) is 12.1. The number of fused-ring (bicyclic) bond motifs is 3. The topological polar surface area (TPSA) is 45.4 Å². The van der Waals surface area contributed by atoms with Crippen molar-refractivity contribution in [2.45, 2.75) is 6.04 Å². The Morgan fingerprint density at radius 1 is 1.10 bits per heavy atom. The molecule has 2 N–H and O–H groups in total. The van der Waals surface area contributed by atoms with Crippen LogP contribution >= 0.6 is 11.3 Å². The first-order valence-electron chi connectivity index (χ1n) is 7.07. The Kier molecular flexibility index (Phi) is 2.98. The summed E-state index contributed by atoms with van der Waals surface area (Å²) in [6.45, 7) is 5.93. The molecule has 20 heavy (non-hydrogen) atoms. The van der Waals surface area contributed by atoms with E-state index in [2.05, 4.69) is 15.2 Å². The van der Waals surface area contributed by atoms with E-state index in [1.807, 2.05) is 24.3 Å². The lowest BCUT2D eigenvalue weighted by Gasteiger charge is -2.46. The number of aromatic nitrogens is 1. The molecular weight excluding hydrogens is 268 g/mol. The van der Waals surface area contributed by atoms with E-state index in [9.17, 15) is 0 Å². The molecule has 1 aromatic heterocycles. The maximum atomic E-state index is 5.74. The molecular formula is C15H18N4S. The first-order valence-corrected chi connectivity index (χ1v) is 7.95. The molecule has 5 rings (SSSR count). The maximum Gasteiger partial charge on any atom is 0.112 e. The van der Waals surface area contributed by atoms with Gasteiger partial charge < -0.3 is 5.73 Å². The van der Waals surface area contributed by atoms with Crippen LogP contribution in [-0.4, -0.2) is 47.5 Å². The van der Waals surface area contributed by atoms with Crippen LogP contribution in [0.25, 0.3) is 11.3 Å². The van der Waals surface area contributed by atoms with E-state index in [0.29, 0.717) is 6.04 Å². The molecule has 1 unspecified atom stereocenters. The highest BCUT2D eigenvalue weighted by Gasteiger charge is 2.34. The lowest BCUT2D eigenvalue weighted by molar-refractivity contribution is 0.0123. The minimum atomic E-state index is 0.491. The molecule has 3 fully saturated rings. The van der Waals surface area contributed by atoms with E-state index >= 15 is 0 Å². The normalized spacial score (nSPS) is 28.7. The third kappa shape index (κ3) is 2.12. The minimum Gasteiger partial charge on any atom is -0.399 e. The lowest BCUT2D eigenvalue weighted by atomic mass is 10.1. The molecule has 3 saturated heterocycles. The van der Waals surface area contributed by atoms with Gasteiger partial charge in [-0.2, -0.15) is 0 Å². The smallest absolute Gasteiger partial charge is 0.112 e. The maximum absolute atomic E-state index is 5.74. The van der Waals surface area contributed by atoms with Crippen molar-refractivity contribution in [1.29, 1.82) is 0 Å². The van der Waals surface area contributed by atoms with E-state index in [0.717, 1.165) is 23.5 Å². The van der Waals surface area contributed by atoms with Crippen LogP contribution in [0.5, 0.6) is 0 Å². The summed E-state index contributed by atoms with van der Waals surface area (Å²) in [5.41, 5.74) is 8.76. The molecule has 2 bridgehead atoms. The lowest BCUT2D eigenvalue weighted by Crippen LogP contribution is -2.56. The summed E-state index contributed by atoms with van der Waals surface area (Å²) >= 11 is 1.78. The third-order valence-corrected chi connectivity index (χ3v) is 5.24. The number of piperazine rings is 3. The molecule has 0 saturated carbocycles. The molecule has 5 heteroatoms. The van der Waals surface area contributed by atoms with E-state index in [4.69, 9.17) is 10.7 Å². The van der Waals surface area contributed by atoms with Crippen molar-refractivity contribution in [2.24, 2.45) is 0 Å². The number of benzene rings is 1. The highest BCUT2D eigenvalue weighted by Crippen LogP contribution is 2.33. The molecule has 0 amide bonds. The van der Waals surface area contributed by atoms with Crippen molar-refractivity contribution in [1.82, 2.24) is 14.8 Å². The Hall–Kier alpha value is -1.43. The van der Waals surface area contributed by atoms with Crippen LogP contribution in [0.15, 0.2) is 29.6 Å². The zero-order valence-electron chi connectivity index (χ0n) is 11.3. The number of rotatable bonds is 2. The van der Waals surface area contributed by atoms with Crippen molar-refractivity contribution in [2.75, 3.05) is 38.5 Å². The van der Waals surface area contributed by atoms with Crippen molar-refractivity contribution < 1.29 is 0 Å². The Bertz CT molecular complexity index is 599. The number of nitrogens with zero attached hydrogens (tertiary/aromatic N) is 3. The second-order valence-electron chi connectivity index (χ2n) is 5.55. The van der Waals surface area contributed by atoms with Crippen molar-refractivity contribution in [3.63, 3.8) is 0 Å². The van der Waals surface area contributed by atoms with Gasteiger partial charge in [0.15, 0.2) is 0 Å². The Balaban J connectivity index is 1.60. The largest absolute Gasteiger partial charge is 0.399 e. The van der Waals surface area contributed by atoms with Gasteiger partial charge in [0.05, 0.1) is 11.7 Å². The van der Waals surface area contributed by atoms with E-state index < -0.39 is 0 Å². The number of hydrogen-bond donors (Lipinski definition) is 1. The summed E-state index contributed by atoms with van der Waals surface area (Å²) in [5, 5.41) is 3.42. The van der Waals surface area contributed by atoms with Crippen LogP contribution in [0, 0.1) is 0 Å². The molecule has 1 aromatic carbocycles. The molecule has 4 nitrogen and oxygen atoms in total. The van der Waals surface area contributed by atoms with Crippen LogP contribution in [0.3, 0.4) is 0 Å². The van der Waals surface area contributed by atoms with E-state index in [1.165, 1.54) is 31.2 Å². The minimum absolute atomic E-state index is 0.491. The quantitative estimate of drug-likeness (QED) is 0.859. The number of nitrogen functional groups attached to an aromatic ring is 1. The Labute approximate surface area is 122 Å². The Morgan fingerprint density at radius 2 is 1.85 bits per heavy atom. The summed E-state index contributed by atoms with van der Waals surface area (Å²) < 4.78 is 0. The summed E-state index contributed by atoms with van der Waals surface area (Å²) in [4.78, 5) is 9.99. The molecule has 1 atom stereocenters. The molecule has 0 aliphatic carbocycles. The molecule has 0 radical (unpaired) electrons. The predicted octanol–water partition coefficient (Wildman–Crippen LogP) is 2.06. The monoisotopic (exact) mass is 286 g/mol. The van der Waals surface area contributed by atoms with Gasteiger partial charge in [-0.25, -0.2) is 4.98 Å². The summed E-state index contributed by atoms with van der Waals surface area (Å²) in [5.74, 6) is 0. The van der Waals surface area contributed by atoms with Crippen LogP contribution < -0.4 is 5.73 Å². The molecule has 3 aliphatic rings. The van der Waals surface area contributed by atoms with Gasteiger partial charge in [-0.05, 0) is 12.1 Å². The first kappa shape index (κ1) is 12.3. The number of thiazole rings is 1. The van der Waals surface area contributed by atoms with Crippen LogP contribution in [0.4, 0.5) is 5.69 Å². The summed E-state index contributed by atoms with van der Waals surface area (Å²) in [6.07, 6.45) is 0. The van der Waals surface area contributed by atoms with Crippen molar-refractivity contribution >= 4 is 17.0 Å². The van der Waals surface area contributed by atoms with Gasteiger partial charge in [-0.3, -0.25) is 9.80 Å². The molecule has 3 aliphatic heterocycles. The van der Waals surface area contributed by atoms with Gasteiger partial charge in [0.1, 0.15) is 5.01 Å². The number of anilines is 1. The van der Waals surface area contributed by atoms with Crippen molar-refractivity contribution in [3.8, 4) is 11.3 Å². The van der Waals surface area contributed by atoms with Crippen LogP contribution in [0.1, 0.15) is 11.0 Å². The molecule has 4 heterocycles. The SMILES string of the molecule is Nc1ccc(-c2csc(C3CN4CCN3CC4)n2)cc1. The molecule has 104 valence electrons. The average molecular weight is 286 g/mol. The highest BCUT2D eigenvalue weighted by molar-refractivity contribution is 7.10. The van der Waals surface area contributed by atoms with E-state index in [-0.39, 0.29) is 0 Å². The summed E-state index contributed by atoms with van der Waals surface area (Å²) in [7, 11) is 0. The second-order valence-corrected chi connectivity index (χ2v) is 6.44. The van der Waals surface area contributed by atoms with Gasteiger partial charge in [0, 0.05) is 49.4 Å². The predicted molar refractivity (Wildman–Crippen MR) is 82.7 cm³/mol. The highest BCUT2D eigenvalue weighted by atomic mass is 32.1. The summed E-state index contributed by atoms with van der Waals surface area (Å²) in [6, 6.07) is 8.46. The molecule has 0 spiro atoms. The fraction of sp³-hybridized carbons (Fsp3) is 0.400. The van der Waals surface area contributed by atoms with Crippen molar-refractivity contribution in [3.05, 3.63) is 34.7 Å². The van der Waals surface area contributed by atoms with Gasteiger partial charge in [-0.1, -0.05) is 12.1 Å². The van der Waals surface area contributed by atoms with Gasteiger partial charge >= 0.3 is 0 Å². The average Bonchev–Trinajstić information content (AvgIpc) is 2.99. The van der Waals surface area contributed by atoms with Crippen LogP contribution in [0.2, 0.25) is 0 Å². The fourth-order valence-electron chi connectivity index (χ4n) is 3.08. The molecule has 2 aromatic rings. The number of hydrogen-bond acceptors (Lipinski definition) is 5. The van der Waals surface area contributed by atoms with Gasteiger partial charge in [0.25, 0.3) is 0 Å². The second kappa shape index (κ2) is 4.84. The standard InChI is InChI=1S/C15H18N4S/c16-12-3-1-11(2-4-12)13-10-20-15(17-13)14-9-18-5-7-19(14)8-6-18/h1-4,10,14H,5-9,16H2. The zero-order chi connectivity index (χ0) is 13.5. The number of nitrogens with two attached hydrogens (primary N) is 1. The Morgan fingerprint density at radius 3 is 2.50 bits per heavy atom. The van der Waals surface area contributed by atoms with Gasteiger partial charge in [-0.15, -0.1) is 11.3 Å². The van der Waals surface area contributed by atoms with Gasteiger partial charge in [0.2, 0.25) is 0 Å². The third-order valence-electron chi connectivity index (χ3n) is 4.29.